The van der Waals surface area contributed by atoms with Gasteiger partial charge in [0.25, 0.3) is 5.89 Å². The van der Waals surface area contributed by atoms with E-state index in [1.165, 1.54) is 6.07 Å². The van der Waals surface area contributed by atoms with E-state index in [0.29, 0.717) is 11.1 Å². The van der Waals surface area contributed by atoms with Gasteiger partial charge in [0.2, 0.25) is 0 Å². The van der Waals surface area contributed by atoms with Crippen LogP contribution in [0.15, 0.2) is 31.8 Å². The van der Waals surface area contributed by atoms with E-state index >= 15 is 0 Å². The first kappa shape index (κ1) is 11.5. The Bertz CT molecular complexity index is 833. The highest BCUT2D eigenvalue weighted by atomic mass is 16.4. The molecule has 0 spiro atoms. The number of nitrogen functional groups attached to an aromatic ring is 1. The normalized spacial score (nSPS) is 11.1. The van der Waals surface area contributed by atoms with Gasteiger partial charge in [0.05, 0.1) is 5.56 Å². The number of hydrogen-bond donors (Lipinski definition) is 1. The molecule has 2 aromatic heterocycles. The van der Waals surface area contributed by atoms with E-state index in [2.05, 4.69) is 10.2 Å². The van der Waals surface area contributed by atoms with Crippen molar-refractivity contribution in [2.24, 2.45) is 0 Å². The van der Waals surface area contributed by atoms with Crippen LogP contribution >= 0.6 is 0 Å². The molecule has 6 nitrogen and oxygen atoms in total. The topological polar surface area (TPSA) is 95.1 Å². The van der Waals surface area contributed by atoms with Gasteiger partial charge in [0, 0.05) is 11.5 Å². The number of anilines is 1. The summed E-state index contributed by atoms with van der Waals surface area (Å²) >= 11 is 0. The van der Waals surface area contributed by atoms with Crippen LogP contribution in [-0.4, -0.2) is 10.2 Å². The molecule has 3 rings (SSSR count). The van der Waals surface area contributed by atoms with E-state index in [1.54, 1.807) is 0 Å². The molecule has 0 aliphatic heterocycles. The van der Waals surface area contributed by atoms with Gasteiger partial charge >= 0.3 is 11.6 Å². The van der Waals surface area contributed by atoms with Crippen LogP contribution in [-0.2, 0) is 0 Å². The highest BCUT2D eigenvalue weighted by Gasteiger charge is 2.15. The number of aryl methyl sites for hydroxylation is 2. The van der Waals surface area contributed by atoms with Gasteiger partial charge in [-0.25, -0.2) is 4.79 Å². The smallest absolute Gasteiger partial charge is 0.337 e. The molecule has 3 aromatic rings. The monoisotopic (exact) mass is 257 g/mol. The third-order valence-corrected chi connectivity index (χ3v) is 3.10. The number of aromatic nitrogens is 2. The summed E-state index contributed by atoms with van der Waals surface area (Å²) in [6.07, 6.45) is 0. The van der Waals surface area contributed by atoms with Gasteiger partial charge in [-0.2, -0.15) is 0 Å². The third-order valence-electron chi connectivity index (χ3n) is 3.10. The summed E-state index contributed by atoms with van der Waals surface area (Å²) in [6, 6.07) is 5.08. The van der Waals surface area contributed by atoms with Gasteiger partial charge in [-0.05, 0) is 25.0 Å². The first-order valence-electron chi connectivity index (χ1n) is 5.69. The lowest BCUT2D eigenvalue weighted by atomic mass is 10.0. The molecule has 0 saturated carbocycles. The van der Waals surface area contributed by atoms with Crippen LogP contribution in [0.2, 0.25) is 0 Å². The van der Waals surface area contributed by atoms with Crippen LogP contribution < -0.4 is 11.4 Å². The second kappa shape index (κ2) is 3.94. The predicted octanol–water partition coefficient (Wildman–Crippen LogP) is 2.04. The Morgan fingerprint density at radius 2 is 1.95 bits per heavy atom. The fourth-order valence-electron chi connectivity index (χ4n) is 1.98. The molecule has 0 amide bonds. The van der Waals surface area contributed by atoms with E-state index in [4.69, 9.17) is 14.6 Å². The van der Waals surface area contributed by atoms with Crippen molar-refractivity contribution in [3.63, 3.8) is 0 Å². The van der Waals surface area contributed by atoms with Crippen molar-refractivity contribution in [1.82, 2.24) is 10.2 Å². The molecule has 0 aliphatic carbocycles. The van der Waals surface area contributed by atoms with Crippen molar-refractivity contribution >= 4 is 17.0 Å². The lowest BCUT2D eigenvalue weighted by Gasteiger charge is -2.06. The number of hydrogen-bond acceptors (Lipinski definition) is 6. The molecule has 1 aromatic carbocycles. The molecular formula is C13H11N3O3. The summed E-state index contributed by atoms with van der Waals surface area (Å²) in [6.45, 7) is 3.85. The zero-order chi connectivity index (χ0) is 13.6. The molecule has 2 heterocycles. The Labute approximate surface area is 107 Å². The maximum Gasteiger partial charge on any atom is 0.337 e. The minimum absolute atomic E-state index is 0.0415. The first-order chi connectivity index (χ1) is 9.06. The van der Waals surface area contributed by atoms with Crippen molar-refractivity contribution in [3.05, 3.63) is 39.7 Å². The molecule has 0 bridgehead atoms. The van der Waals surface area contributed by atoms with Gasteiger partial charge in [-0.3, -0.25) is 0 Å². The molecule has 0 atom stereocenters. The van der Waals surface area contributed by atoms with E-state index in [9.17, 15) is 4.79 Å². The van der Waals surface area contributed by atoms with Crippen molar-refractivity contribution in [3.8, 4) is 11.5 Å². The fraction of sp³-hybridized carbons (Fsp3) is 0.154. The van der Waals surface area contributed by atoms with Crippen LogP contribution in [0, 0.1) is 13.8 Å². The number of nitrogens with zero attached hydrogens (tertiary/aromatic N) is 2. The van der Waals surface area contributed by atoms with Gasteiger partial charge in [-0.15, -0.1) is 5.10 Å². The van der Waals surface area contributed by atoms with Gasteiger partial charge in [0.1, 0.15) is 5.58 Å². The minimum Gasteiger partial charge on any atom is -0.422 e. The van der Waals surface area contributed by atoms with Gasteiger partial charge < -0.3 is 14.6 Å². The molecule has 0 fully saturated rings. The second-order valence-corrected chi connectivity index (χ2v) is 4.31. The second-order valence-electron chi connectivity index (χ2n) is 4.31. The molecule has 96 valence electrons. The van der Waals surface area contributed by atoms with Crippen LogP contribution in [0.1, 0.15) is 11.1 Å². The van der Waals surface area contributed by atoms with E-state index in [0.717, 1.165) is 16.5 Å². The predicted molar refractivity (Wildman–Crippen MR) is 69.7 cm³/mol. The van der Waals surface area contributed by atoms with Gasteiger partial charge in [-0.1, -0.05) is 17.2 Å². The maximum absolute atomic E-state index is 11.7. The standard InChI is InChI=1S/C13H11N3O3/c1-6-3-4-8-9(12-15-16-13(14)19-12)5-10(17)18-11(8)7(6)2/h3-5H,1-2H3,(H2,14,16). The van der Waals surface area contributed by atoms with Crippen LogP contribution in [0.3, 0.4) is 0 Å². The number of rotatable bonds is 1. The van der Waals surface area contributed by atoms with E-state index < -0.39 is 5.63 Å². The summed E-state index contributed by atoms with van der Waals surface area (Å²) < 4.78 is 10.4. The van der Waals surface area contributed by atoms with E-state index in [1.807, 2.05) is 26.0 Å². The molecule has 19 heavy (non-hydrogen) atoms. The summed E-state index contributed by atoms with van der Waals surface area (Å²) in [4.78, 5) is 11.7. The van der Waals surface area contributed by atoms with E-state index in [-0.39, 0.29) is 11.9 Å². The number of nitrogens with two attached hydrogens (primary N) is 1. The highest BCUT2D eigenvalue weighted by Crippen LogP contribution is 2.29. The van der Waals surface area contributed by atoms with Crippen molar-refractivity contribution < 1.29 is 8.83 Å². The largest absolute Gasteiger partial charge is 0.422 e. The quantitative estimate of drug-likeness (QED) is 0.670. The summed E-state index contributed by atoms with van der Waals surface area (Å²) in [5, 5.41) is 8.15. The Hall–Kier alpha value is -2.63. The molecule has 0 aliphatic rings. The average Bonchev–Trinajstić information content (AvgIpc) is 2.80. The SMILES string of the molecule is Cc1ccc2c(-c3nnc(N)o3)cc(=O)oc2c1C. The molecule has 0 unspecified atom stereocenters. The molecule has 6 heteroatoms. The molecular weight excluding hydrogens is 246 g/mol. The average molecular weight is 257 g/mol. The van der Waals surface area contributed by atoms with Crippen molar-refractivity contribution in [1.29, 1.82) is 0 Å². The zero-order valence-corrected chi connectivity index (χ0v) is 10.4. The summed E-state index contributed by atoms with van der Waals surface area (Å²) in [5.41, 5.74) is 7.95. The van der Waals surface area contributed by atoms with Crippen LogP contribution in [0.25, 0.3) is 22.4 Å². The summed E-state index contributed by atoms with van der Waals surface area (Å²) in [5.74, 6) is 0.207. The van der Waals surface area contributed by atoms with Crippen molar-refractivity contribution in [2.45, 2.75) is 13.8 Å². The zero-order valence-electron chi connectivity index (χ0n) is 10.4. The maximum atomic E-state index is 11.7. The minimum atomic E-state index is -0.465. The Kier molecular flexibility index (Phi) is 2.38. The molecule has 0 radical (unpaired) electrons. The Balaban J connectivity index is 2.43. The lowest BCUT2D eigenvalue weighted by molar-refractivity contribution is 0.555. The molecule has 2 N–H and O–H groups in total. The fourth-order valence-corrected chi connectivity index (χ4v) is 1.98. The Morgan fingerprint density at radius 3 is 2.63 bits per heavy atom. The van der Waals surface area contributed by atoms with Gasteiger partial charge in [0.15, 0.2) is 0 Å². The first-order valence-corrected chi connectivity index (χ1v) is 5.69. The molecule has 0 saturated heterocycles. The lowest BCUT2D eigenvalue weighted by Crippen LogP contribution is -2.00. The number of benzene rings is 1. The van der Waals surface area contributed by atoms with Crippen molar-refractivity contribution in [2.75, 3.05) is 5.73 Å². The van der Waals surface area contributed by atoms with Crippen LogP contribution in [0.4, 0.5) is 6.01 Å². The van der Waals surface area contributed by atoms with Crippen LogP contribution in [0.5, 0.6) is 0 Å². The number of fused-ring (bicyclic) bond motifs is 1. The third kappa shape index (κ3) is 1.77. The Morgan fingerprint density at radius 1 is 1.16 bits per heavy atom. The summed E-state index contributed by atoms with van der Waals surface area (Å²) in [7, 11) is 0. The highest BCUT2D eigenvalue weighted by molar-refractivity contribution is 5.93.